The molecule has 1 fully saturated rings. The highest BCUT2D eigenvalue weighted by atomic mass is 35.5. The maximum Gasteiger partial charge on any atom is 0.416 e. The van der Waals surface area contributed by atoms with E-state index in [-0.39, 0.29) is 11.6 Å². The number of nitrogens with one attached hydrogen (secondary N) is 2. The summed E-state index contributed by atoms with van der Waals surface area (Å²) in [5.74, 6) is 1.24. The second-order valence-corrected chi connectivity index (χ2v) is 6.50. The van der Waals surface area contributed by atoms with Crippen molar-refractivity contribution in [2.24, 2.45) is 0 Å². The highest BCUT2D eigenvalue weighted by Crippen LogP contribution is 2.40. The van der Waals surface area contributed by atoms with Crippen molar-refractivity contribution in [3.63, 3.8) is 0 Å². The van der Waals surface area contributed by atoms with Gasteiger partial charge in [0.25, 0.3) is 0 Å². The van der Waals surface area contributed by atoms with Gasteiger partial charge in [0.2, 0.25) is 5.95 Å². The third-order valence-electron chi connectivity index (χ3n) is 3.92. The summed E-state index contributed by atoms with van der Waals surface area (Å²) < 4.78 is 38.2. The number of nitrogens with zero attached hydrogens (tertiary/aromatic N) is 2. The number of aromatic nitrogens is 2. The Kier molecular flexibility index (Phi) is 5.52. The Morgan fingerprint density at radius 2 is 1.96 bits per heavy atom. The predicted octanol–water partition coefficient (Wildman–Crippen LogP) is 4.56. The van der Waals surface area contributed by atoms with Crippen molar-refractivity contribution in [2.45, 2.75) is 31.4 Å². The molecule has 0 bridgehead atoms. The second kappa shape index (κ2) is 7.67. The molecule has 1 aliphatic rings. The molecule has 0 unspecified atom stereocenters. The molecule has 5 nitrogen and oxygen atoms in total. The molecule has 26 heavy (non-hydrogen) atoms. The third-order valence-corrected chi connectivity index (χ3v) is 4.23. The molecule has 1 saturated carbocycles. The molecule has 2 aromatic rings. The zero-order chi connectivity index (χ0) is 18.7. The minimum atomic E-state index is -4.44. The molecule has 0 radical (unpaired) electrons. The van der Waals surface area contributed by atoms with E-state index in [1.807, 2.05) is 0 Å². The number of anilines is 3. The summed E-state index contributed by atoms with van der Waals surface area (Å²) in [4.78, 5) is 8.78. The number of rotatable bonds is 7. The van der Waals surface area contributed by atoms with Gasteiger partial charge in [0, 0.05) is 25.1 Å². The minimum absolute atomic E-state index is 0.0406. The molecule has 0 amide bonds. The minimum Gasteiger partial charge on any atom is -0.396 e. The van der Waals surface area contributed by atoms with E-state index in [1.54, 1.807) is 6.07 Å². The van der Waals surface area contributed by atoms with Gasteiger partial charge in [-0.1, -0.05) is 11.6 Å². The van der Waals surface area contributed by atoms with Crippen LogP contribution < -0.4 is 10.6 Å². The van der Waals surface area contributed by atoms with Crippen LogP contribution in [0.5, 0.6) is 0 Å². The second-order valence-electron chi connectivity index (χ2n) is 6.10. The van der Waals surface area contributed by atoms with Crippen molar-refractivity contribution < 1.29 is 18.3 Å². The fraction of sp³-hybridized carbons (Fsp3) is 0.412. The molecule has 1 aliphatic carbocycles. The van der Waals surface area contributed by atoms with Gasteiger partial charge < -0.3 is 15.7 Å². The van der Waals surface area contributed by atoms with Gasteiger partial charge >= 0.3 is 6.18 Å². The zero-order valence-electron chi connectivity index (χ0n) is 13.8. The molecule has 0 spiro atoms. The highest BCUT2D eigenvalue weighted by molar-refractivity contribution is 6.33. The van der Waals surface area contributed by atoms with E-state index < -0.39 is 11.7 Å². The first-order valence-electron chi connectivity index (χ1n) is 8.24. The van der Waals surface area contributed by atoms with Gasteiger partial charge in [-0.05, 0) is 37.5 Å². The van der Waals surface area contributed by atoms with Crippen LogP contribution in [-0.2, 0) is 6.18 Å². The Hall–Kier alpha value is -2.06. The van der Waals surface area contributed by atoms with Crippen LogP contribution in [0.25, 0.3) is 0 Å². The van der Waals surface area contributed by atoms with E-state index in [2.05, 4.69) is 20.6 Å². The van der Waals surface area contributed by atoms with Gasteiger partial charge in [0.15, 0.2) is 0 Å². The van der Waals surface area contributed by atoms with E-state index >= 15 is 0 Å². The van der Waals surface area contributed by atoms with Crippen molar-refractivity contribution in [3.05, 3.63) is 40.5 Å². The Morgan fingerprint density at radius 1 is 1.19 bits per heavy atom. The summed E-state index contributed by atoms with van der Waals surface area (Å²) in [6.45, 7) is 0.576. The lowest BCUT2D eigenvalue weighted by molar-refractivity contribution is -0.137. The van der Waals surface area contributed by atoms with Crippen LogP contribution in [0.1, 0.15) is 36.4 Å². The molecule has 0 saturated heterocycles. The highest BCUT2D eigenvalue weighted by Gasteiger charge is 2.31. The molecule has 9 heteroatoms. The Bertz CT molecular complexity index is 781. The maximum absolute atomic E-state index is 12.7. The first-order valence-corrected chi connectivity index (χ1v) is 8.62. The smallest absolute Gasteiger partial charge is 0.396 e. The first-order chi connectivity index (χ1) is 12.4. The van der Waals surface area contributed by atoms with Gasteiger partial charge in [-0.2, -0.15) is 18.2 Å². The first kappa shape index (κ1) is 18.7. The number of halogens is 4. The summed E-state index contributed by atoms with van der Waals surface area (Å²) in [6.07, 6.45) is -1.79. The van der Waals surface area contributed by atoms with E-state index in [0.717, 1.165) is 30.7 Å². The van der Waals surface area contributed by atoms with Crippen molar-refractivity contribution in [2.75, 3.05) is 23.8 Å². The van der Waals surface area contributed by atoms with Crippen LogP contribution in [0.15, 0.2) is 24.3 Å². The van der Waals surface area contributed by atoms with Gasteiger partial charge in [-0.3, -0.25) is 0 Å². The van der Waals surface area contributed by atoms with Crippen LogP contribution in [0, 0.1) is 0 Å². The number of benzene rings is 1. The van der Waals surface area contributed by atoms with Crippen LogP contribution >= 0.6 is 11.6 Å². The fourth-order valence-corrected chi connectivity index (χ4v) is 2.64. The lowest BCUT2D eigenvalue weighted by Gasteiger charge is -2.13. The van der Waals surface area contributed by atoms with Gasteiger partial charge in [-0.15, -0.1) is 0 Å². The molecule has 0 atom stereocenters. The summed E-state index contributed by atoms with van der Waals surface area (Å²) in [7, 11) is 0. The summed E-state index contributed by atoms with van der Waals surface area (Å²) in [5, 5.41) is 14.8. The van der Waals surface area contributed by atoms with Crippen LogP contribution in [0.4, 0.5) is 30.6 Å². The van der Waals surface area contributed by atoms with Gasteiger partial charge in [0.1, 0.15) is 5.82 Å². The Balaban J connectivity index is 1.82. The van der Waals surface area contributed by atoms with Gasteiger partial charge in [0.05, 0.1) is 22.0 Å². The van der Waals surface area contributed by atoms with Crippen molar-refractivity contribution in [1.82, 2.24) is 9.97 Å². The summed E-state index contributed by atoms with van der Waals surface area (Å²) in [6, 6.07) is 4.91. The Morgan fingerprint density at radius 3 is 2.58 bits per heavy atom. The van der Waals surface area contributed by atoms with E-state index in [0.29, 0.717) is 36.3 Å². The lowest BCUT2D eigenvalue weighted by Crippen LogP contribution is -2.09. The summed E-state index contributed by atoms with van der Waals surface area (Å²) >= 11 is 5.99. The molecule has 0 aliphatic heterocycles. The van der Waals surface area contributed by atoms with Crippen molar-refractivity contribution >= 4 is 29.1 Å². The molecular formula is C17H18ClF3N4O. The molecule has 140 valence electrons. The topological polar surface area (TPSA) is 70.1 Å². The quantitative estimate of drug-likeness (QED) is 0.608. The lowest BCUT2D eigenvalue weighted by atomic mass is 10.2. The average Bonchev–Trinajstić information content (AvgIpc) is 3.41. The van der Waals surface area contributed by atoms with E-state index in [1.165, 1.54) is 6.07 Å². The molecule has 3 N–H and O–H groups in total. The van der Waals surface area contributed by atoms with Crippen molar-refractivity contribution in [3.8, 4) is 0 Å². The SMILES string of the molecule is OCCCNc1nc(Nc2ccc(C(F)(F)F)cc2Cl)cc(C2CC2)n1. The van der Waals surface area contributed by atoms with E-state index in [4.69, 9.17) is 16.7 Å². The standard InChI is InChI=1S/C17H18ClF3N4O/c18-12-8-11(17(19,20)21)4-5-13(12)23-15-9-14(10-2-3-10)24-16(25-15)22-6-1-7-26/h4-5,8-10,26H,1-3,6-7H2,(H2,22,23,24,25). The van der Waals surface area contributed by atoms with E-state index in [9.17, 15) is 13.2 Å². The maximum atomic E-state index is 12.7. The number of hydrogen-bond acceptors (Lipinski definition) is 5. The normalized spacial score (nSPS) is 14.3. The monoisotopic (exact) mass is 386 g/mol. The average molecular weight is 387 g/mol. The molecular weight excluding hydrogens is 369 g/mol. The molecule has 1 aromatic heterocycles. The number of alkyl halides is 3. The van der Waals surface area contributed by atoms with Crippen LogP contribution in [0.2, 0.25) is 5.02 Å². The largest absolute Gasteiger partial charge is 0.416 e. The number of hydrogen-bond donors (Lipinski definition) is 3. The summed E-state index contributed by atoms with van der Waals surface area (Å²) in [5.41, 5.74) is 0.402. The van der Waals surface area contributed by atoms with Crippen LogP contribution in [0.3, 0.4) is 0 Å². The van der Waals surface area contributed by atoms with Gasteiger partial charge in [-0.25, -0.2) is 4.98 Å². The van der Waals surface area contributed by atoms with Crippen molar-refractivity contribution in [1.29, 1.82) is 0 Å². The zero-order valence-corrected chi connectivity index (χ0v) is 14.5. The number of aliphatic hydroxyl groups excluding tert-OH is 1. The molecule has 1 heterocycles. The Labute approximate surface area is 153 Å². The number of aliphatic hydroxyl groups is 1. The molecule has 3 rings (SSSR count). The predicted molar refractivity (Wildman–Crippen MR) is 93.9 cm³/mol. The molecule has 1 aromatic carbocycles. The third kappa shape index (κ3) is 4.76. The fourth-order valence-electron chi connectivity index (χ4n) is 2.41. The van der Waals surface area contributed by atoms with Crippen LogP contribution in [-0.4, -0.2) is 28.2 Å².